The second-order valence-electron chi connectivity index (χ2n) is 5.10. The third-order valence-electron chi connectivity index (χ3n) is 3.07. The van der Waals surface area contributed by atoms with Crippen molar-refractivity contribution < 1.29 is 9.53 Å². The van der Waals surface area contributed by atoms with Gasteiger partial charge in [-0.05, 0) is 45.0 Å². The average Bonchev–Trinajstić information content (AvgIpc) is 2.78. The topological polar surface area (TPSA) is 43.3 Å². The summed E-state index contributed by atoms with van der Waals surface area (Å²) < 4.78 is 7.79. The number of aromatic nitrogens is 1. The zero-order chi connectivity index (χ0) is 14.5. The van der Waals surface area contributed by atoms with Crippen LogP contribution in [-0.2, 0) is 11.3 Å². The molecule has 1 aromatic carbocycles. The highest BCUT2D eigenvalue weighted by Crippen LogP contribution is 2.23. The van der Waals surface area contributed by atoms with Crippen LogP contribution in [0, 0.1) is 0 Å². The van der Waals surface area contributed by atoms with Crippen LogP contribution in [0.3, 0.4) is 0 Å². The summed E-state index contributed by atoms with van der Waals surface area (Å²) in [6, 6.07) is 8.12. The van der Waals surface area contributed by atoms with Gasteiger partial charge in [-0.2, -0.15) is 0 Å². The van der Waals surface area contributed by atoms with E-state index in [1.807, 2.05) is 45.2 Å². The van der Waals surface area contributed by atoms with Gasteiger partial charge >= 0.3 is 0 Å². The largest absolute Gasteiger partial charge is 0.491 e. The molecule has 1 aromatic heterocycles. The molecule has 0 bridgehead atoms. The van der Waals surface area contributed by atoms with Crippen molar-refractivity contribution in [1.82, 2.24) is 9.88 Å². The molecule has 2 aromatic rings. The standard InChI is InChI=1S/C16H22N2O2/c1-4-17-16(19)8-10-18-9-7-13-11-14(20-12(2)3)5-6-15(13)18/h5-7,9,11-12H,4,8,10H2,1-3H3,(H,17,19). The van der Waals surface area contributed by atoms with Crippen LogP contribution in [0.15, 0.2) is 30.5 Å². The van der Waals surface area contributed by atoms with Gasteiger partial charge in [0, 0.05) is 36.6 Å². The summed E-state index contributed by atoms with van der Waals surface area (Å²) in [6.07, 6.45) is 2.69. The highest BCUT2D eigenvalue weighted by molar-refractivity contribution is 5.82. The molecule has 20 heavy (non-hydrogen) atoms. The summed E-state index contributed by atoms with van der Waals surface area (Å²) in [5, 5.41) is 3.95. The van der Waals surface area contributed by atoms with Crippen LogP contribution in [-0.4, -0.2) is 23.1 Å². The minimum atomic E-state index is 0.0918. The Kier molecular flexibility index (Phi) is 4.66. The number of amides is 1. The number of benzene rings is 1. The van der Waals surface area contributed by atoms with E-state index in [0.717, 1.165) is 16.7 Å². The zero-order valence-corrected chi connectivity index (χ0v) is 12.3. The fourth-order valence-corrected chi connectivity index (χ4v) is 2.23. The summed E-state index contributed by atoms with van der Waals surface area (Å²) in [5.74, 6) is 0.975. The first-order chi connectivity index (χ1) is 9.60. The molecule has 0 aliphatic rings. The van der Waals surface area contributed by atoms with Gasteiger partial charge in [0.1, 0.15) is 5.75 Å². The summed E-state index contributed by atoms with van der Waals surface area (Å²) in [6.45, 7) is 7.34. The molecule has 0 saturated heterocycles. The second kappa shape index (κ2) is 6.46. The zero-order valence-electron chi connectivity index (χ0n) is 12.3. The third-order valence-corrected chi connectivity index (χ3v) is 3.07. The van der Waals surface area contributed by atoms with Gasteiger partial charge in [0.25, 0.3) is 0 Å². The molecular formula is C16H22N2O2. The van der Waals surface area contributed by atoms with Crippen molar-refractivity contribution in [1.29, 1.82) is 0 Å². The van der Waals surface area contributed by atoms with Gasteiger partial charge in [-0.15, -0.1) is 0 Å². The summed E-state index contributed by atoms with van der Waals surface area (Å²) in [5.41, 5.74) is 1.13. The number of nitrogens with one attached hydrogen (secondary N) is 1. The Labute approximate surface area is 119 Å². The van der Waals surface area contributed by atoms with E-state index in [1.54, 1.807) is 0 Å². The summed E-state index contributed by atoms with van der Waals surface area (Å²) >= 11 is 0. The molecule has 4 heteroatoms. The number of ether oxygens (including phenoxy) is 1. The van der Waals surface area contributed by atoms with Gasteiger partial charge in [0.05, 0.1) is 6.10 Å². The van der Waals surface area contributed by atoms with Gasteiger partial charge in [-0.25, -0.2) is 0 Å². The predicted molar refractivity (Wildman–Crippen MR) is 81.0 cm³/mol. The van der Waals surface area contributed by atoms with Crippen molar-refractivity contribution in [2.75, 3.05) is 6.54 Å². The number of carbonyl (C=O) groups is 1. The van der Waals surface area contributed by atoms with Crippen LogP contribution in [0.2, 0.25) is 0 Å². The number of hydrogen-bond acceptors (Lipinski definition) is 2. The lowest BCUT2D eigenvalue weighted by molar-refractivity contribution is -0.121. The number of rotatable bonds is 6. The molecule has 108 valence electrons. The van der Waals surface area contributed by atoms with E-state index in [2.05, 4.69) is 16.0 Å². The molecular weight excluding hydrogens is 252 g/mol. The fourth-order valence-electron chi connectivity index (χ4n) is 2.23. The van der Waals surface area contributed by atoms with Crippen molar-refractivity contribution in [3.63, 3.8) is 0 Å². The van der Waals surface area contributed by atoms with Gasteiger partial charge in [-0.1, -0.05) is 0 Å². The highest BCUT2D eigenvalue weighted by atomic mass is 16.5. The van der Waals surface area contributed by atoms with Crippen LogP contribution in [0.1, 0.15) is 27.2 Å². The van der Waals surface area contributed by atoms with Crippen molar-refractivity contribution in [2.24, 2.45) is 0 Å². The van der Waals surface area contributed by atoms with Crippen molar-refractivity contribution in [2.45, 2.75) is 39.8 Å². The number of fused-ring (bicyclic) bond motifs is 1. The minimum Gasteiger partial charge on any atom is -0.491 e. The first-order valence-corrected chi connectivity index (χ1v) is 7.12. The van der Waals surface area contributed by atoms with Crippen LogP contribution in [0.5, 0.6) is 5.75 Å². The molecule has 0 aliphatic carbocycles. The Hall–Kier alpha value is -1.97. The number of hydrogen-bond donors (Lipinski definition) is 1. The maximum atomic E-state index is 11.5. The number of aryl methyl sites for hydroxylation is 1. The van der Waals surface area contributed by atoms with E-state index in [-0.39, 0.29) is 12.0 Å². The number of carbonyl (C=O) groups excluding carboxylic acids is 1. The van der Waals surface area contributed by atoms with Crippen molar-refractivity contribution in [3.05, 3.63) is 30.5 Å². The molecule has 0 unspecified atom stereocenters. The van der Waals surface area contributed by atoms with Crippen LogP contribution in [0.4, 0.5) is 0 Å². The van der Waals surface area contributed by atoms with E-state index in [1.165, 1.54) is 0 Å². The molecule has 4 nitrogen and oxygen atoms in total. The summed E-state index contributed by atoms with van der Waals surface area (Å²) in [7, 11) is 0. The minimum absolute atomic E-state index is 0.0918. The Bertz CT molecular complexity index is 587. The maximum absolute atomic E-state index is 11.5. The molecule has 1 amide bonds. The molecule has 0 aliphatic heterocycles. The van der Waals surface area contributed by atoms with Gasteiger partial charge in [-0.3, -0.25) is 4.79 Å². The van der Waals surface area contributed by atoms with Crippen LogP contribution >= 0.6 is 0 Å². The molecule has 0 atom stereocenters. The van der Waals surface area contributed by atoms with Crippen LogP contribution in [0.25, 0.3) is 10.9 Å². The Morgan fingerprint density at radius 1 is 1.35 bits per heavy atom. The Morgan fingerprint density at radius 2 is 2.15 bits per heavy atom. The molecule has 2 rings (SSSR count). The van der Waals surface area contributed by atoms with Crippen molar-refractivity contribution >= 4 is 16.8 Å². The Morgan fingerprint density at radius 3 is 2.85 bits per heavy atom. The van der Waals surface area contributed by atoms with Gasteiger partial charge in [0.15, 0.2) is 0 Å². The SMILES string of the molecule is CCNC(=O)CCn1ccc2cc(OC(C)C)ccc21. The smallest absolute Gasteiger partial charge is 0.221 e. The van der Waals surface area contributed by atoms with E-state index >= 15 is 0 Å². The monoisotopic (exact) mass is 274 g/mol. The molecule has 0 saturated carbocycles. The van der Waals surface area contributed by atoms with Crippen molar-refractivity contribution in [3.8, 4) is 5.75 Å². The van der Waals surface area contributed by atoms with Gasteiger partial charge < -0.3 is 14.6 Å². The Balaban J connectivity index is 2.10. The fraction of sp³-hybridized carbons (Fsp3) is 0.438. The maximum Gasteiger partial charge on any atom is 0.221 e. The summed E-state index contributed by atoms with van der Waals surface area (Å²) in [4.78, 5) is 11.5. The molecule has 1 N–H and O–H groups in total. The highest BCUT2D eigenvalue weighted by Gasteiger charge is 2.06. The first-order valence-electron chi connectivity index (χ1n) is 7.12. The predicted octanol–water partition coefficient (Wildman–Crippen LogP) is 2.95. The lowest BCUT2D eigenvalue weighted by Gasteiger charge is -2.10. The molecule has 0 spiro atoms. The van der Waals surface area contributed by atoms with E-state index in [9.17, 15) is 4.79 Å². The van der Waals surface area contributed by atoms with E-state index in [0.29, 0.717) is 19.5 Å². The number of nitrogens with zero attached hydrogens (tertiary/aromatic N) is 1. The third kappa shape index (κ3) is 3.53. The normalized spacial score (nSPS) is 11.0. The lowest BCUT2D eigenvalue weighted by Crippen LogP contribution is -2.23. The average molecular weight is 274 g/mol. The first kappa shape index (κ1) is 14.4. The van der Waals surface area contributed by atoms with E-state index in [4.69, 9.17) is 4.74 Å². The second-order valence-corrected chi connectivity index (χ2v) is 5.10. The molecule has 0 radical (unpaired) electrons. The lowest BCUT2D eigenvalue weighted by atomic mass is 10.2. The van der Waals surface area contributed by atoms with Gasteiger partial charge in [0.2, 0.25) is 5.91 Å². The van der Waals surface area contributed by atoms with E-state index < -0.39 is 0 Å². The molecule has 1 heterocycles. The quantitative estimate of drug-likeness (QED) is 0.880. The van der Waals surface area contributed by atoms with Crippen LogP contribution < -0.4 is 10.1 Å². The molecule has 0 fully saturated rings.